The normalized spacial score (nSPS) is 12.9. The van der Waals surface area contributed by atoms with E-state index >= 15 is 0 Å². The molecule has 0 saturated heterocycles. The summed E-state index contributed by atoms with van der Waals surface area (Å²) in [5.41, 5.74) is 1.06. The van der Waals surface area contributed by atoms with Crippen molar-refractivity contribution in [3.05, 3.63) is 34.3 Å². The number of halogens is 2. The van der Waals surface area contributed by atoms with Crippen molar-refractivity contribution in [2.24, 2.45) is 0 Å². The zero-order valence-corrected chi connectivity index (χ0v) is 8.64. The van der Waals surface area contributed by atoms with Crippen LogP contribution in [0.3, 0.4) is 0 Å². The number of hydrogen-bond donors (Lipinski definition) is 0. The third kappa shape index (κ3) is 2.94. The topological polar surface area (TPSA) is 0 Å². The summed E-state index contributed by atoms with van der Waals surface area (Å²) in [5, 5.41) is 0. The molecule has 12 heavy (non-hydrogen) atoms. The molecule has 2 heteroatoms. The fraction of sp³-hybridized carbons (Fsp3) is 0.400. The SMILES string of the molecule is CCC(F)Cc1ccc(Br)cc1. The van der Waals surface area contributed by atoms with Crippen molar-refractivity contribution in [1.82, 2.24) is 0 Å². The second kappa shape index (κ2) is 4.61. The molecule has 1 aromatic carbocycles. The van der Waals surface area contributed by atoms with E-state index in [1.165, 1.54) is 0 Å². The number of benzene rings is 1. The molecule has 1 aromatic rings. The van der Waals surface area contributed by atoms with Gasteiger partial charge in [0, 0.05) is 10.9 Å². The second-order valence-electron chi connectivity index (χ2n) is 2.84. The van der Waals surface area contributed by atoms with Crippen LogP contribution in [0.5, 0.6) is 0 Å². The smallest absolute Gasteiger partial charge is 0.104 e. The minimum Gasteiger partial charge on any atom is -0.247 e. The van der Waals surface area contributed by atoms with Gasteiger partial charge in [0.25, 0.3) is 0 Å². The lowest BCUT2D eigenvalue weighted by molar-refractivity contribution is 0.323. The lowest BCUT2D eigenvalue weighted by Gasteiger charge is -2.04. The third-order valence-electron chi connectivity index (χ3n) is 1.81. The summed E-state index contributed by atoms with van der Waals surface area (Å²) in [4.78, 5) is 0. The van der Waals surface area contributed by atoms with Crippen LogP contribution < -0.4 is 0 Å². The summed E-state index contributed by atoms with van der Waals surface area (Å²) in [6.45, 7) is 1.86. The zero-order chi connectivity index (χ0) is 8.97. The van der Waals surface area contributed by atoms with E-state index in [1.54, 1.807) is 0 Å². The first kappa shape index (κ1) is 9.72. The van der Waals surface area contributed by atoms with Crippen LogP contribution in [-0.2, 0) is 6.42 Å². The molecule has 0 fully saturated rings. The first-order valence-electron chi connectivity index (χ1n) is 4.11. The average Bonchev–Trinajstić information content (AvgIpc) is 2.09. The zero-order valence-electron chi connectivity index (χ0n) is 7.06. The molecule has 0 aliphatic carbocycles. The van der Waals surface area contributed by atoms with Gasteiger partial charge in [-0.15, -0.1) is 0 Å². The van der Waals surface area contributed by atoms with Crippen LogP contribution in [0.2, 0.25) is 0 Å². The van der Waals surface area contributed by atoms with Gasteiger partial charge in [-0.05, 0) is 24.1 Å². The van der Waals surface area contributed by atoms with Crippen LogP contribution >= 0.6 is 15.9 Å². The molecule has 1 rings (SSSR count). The highest BCUT2D eigenvalue weighted by atomic mass is 79.9. The number of hydrogen-bond acceptors (Lipinski definition) is 0. The predicted octanol–water partition coefficient (Wildman–Crippen LogP) is 3.74. The molecule has 66 valence electrons. The van der Waals surface area contributed by atoms with Crippen LogP contribution in [0.4, 0.5) is 4.39 Å². The Morgan fingerprint density at radius 1 is 1.33 bits per heavy atom. The van der Waals surface area contributed by atoms with E-state index < -0.39 is 6.17 Å². The fourth-order valence-corrected chi connectivity index (χ4v) is 1.28. The van der Waals surface area contributed by atoms with Gasteiger partial charge >= 0.3 is 0 Å². The Labute approximate surface area is 80.9 Å². The Morgan fingerprint density at radius 2 is 1.92 bits per heavy atom. The van der Waals surface area contributed by atoms with Crippen molar-refractivity contribution < 1.29 is 4.39 Å². The van der Waals surface area contributed by atoms with Crippen molar-refractivity contribution >= 4 is 15.9 Å². The van der Waals surface area contributed by atoms with E-state index in [1.807, 2.05) is 31.2 Å². The van der Waals surface area contributed by atoms with Crippen molar-refractivity contribution in [2.45, 2.75) is 25.9 Å². The Balaban J connectivity index is 2.58. The highest BCUT2D eigenvalue weighted by Gasteiger charge is 2.03. The standard InChI is InChI=1S/C10H12BrF/c1-2-10(12)7-8-3-5-9(11)6-4-8/h3-6,10H,2,7H2,1H3. The highest BCUT2D eigenvalue weighted by Crippen LogP contribution is 2.13. The van der Waals surface area contributed by atoms with E-state index in [0.717, 1.165) is 10.0 Å². The summed E-state index contributed by atoms with van der Waals surface area (Å²) in [6.07, 6.45) is 0.422. The summed E-state index contributed by atoms with van der Waals surface area (Å²) >= 11 is 3.33. The van der Waals surface area contributed by atoms with Gasteiger partial charge in [0.15, 0.2) is 0 Å². The average molecular weight is 231 g/mol. The molecule has 0 nitrogen and oxygen atoms in total. The summed E-state index contributed by atoms with van der Waals surface area (Å²) in [7, 11) is 0. The van der Waals surface area contributed by atoms with E-state index in [9.17, 15) is 4.39 Å². The summed E-state index contributed by atoms with van der Waals surface area (Å²) in [6, 6.07) is 7.79. The first-order chi connectivity index (χ1) is 5.72. The lowest BCUT2D eigenvalue weighted by Crippen LogP contribution is -2.01. The predicted molar refractivity (Wildman–Crippen MR) is 53.0 cm³/mol. The lowest BCUT2D eigenvalue weighted by atomic mass is 10.1. The number of rotatable bonds is 3. The Bertz CT molecular complexity index is 230. The second-order valence-corrected chi connectivity index (χ2v) is 3.75. The minimum absolute atomic E-state index is 0.532. The quantitative estimate of drug-likeness (QED) is 0.743. The Hall–Kier alpha value is -0.370. The van der Waals surface area contributed by atoms with E-state index in [0.29, 0.717) is 12.8 Å². The van der Waals surface area contributed by atoms with Crippen LogP contribution in [0, 0.1) is 0 Å². The molecule has 0 amide bonds. The van der Waals surface area contributed by atoms with Crippen molar-refractivity contribution in [1.29, 1.82) is 0 Å². The van der Waals surface area contributed by atoms with Gasteiger partial charge in [0.2, 0.25) is 0 Å². The molecule has 0 aromatic heterocycles. The Morgan fingerprint density at radius 3 is 2.42 bits per heavy atom. The maximum atomic E-state index is 12.9. The Kier molecular flexibility index (Phi) is 3.73. The van der Waals surface area contributed by atoms with Gasteiger partial charge in [-0.2, -0.15) is 0 Å². The van der Waals surface area contributed by atoms with Crippen LogP contribution in [0.25, 0.3) is 0 Å². The molecule has 1 atom stereocenters. The first-order valence-corrected chi connectivity index (χ1v) is 4.90. The van der Waals surface area contributed by atoms with Crippen LogP contribution in [0.15, 0.2) is 28.7 Å². The largest absolute Gasteiger partial charge is 0.247 e. The molecule has 0 heterocycles. The van der Waals surface area contributed by atoms with E-state index in [2.05, 4.69) is 15.9 Å². The molecular formula is C10H12BrF. The fourth-order valence-electron chi connectivity index (χ4n) is 1.02. The van der Waals surface area contributed by atoms with Crippen LogP contribution in [-0.4, -0.2) is 6.17 Å². The van der Waals surface area contributed by atoms with Gasteiger partial charge in [0.1, 0.15) is 6.17 Å². The van der Waals surface area contributed by atoms with Crippen LogP contribution in [0.1, 0.15) is 18.9 Å². The minimum atomic E-state index is -0.703. The molecule has 0 bridgehead atoms. The summed E-state index contributed by atoms with van der Waals surface area (Å²) < 4.78 is 13.9. The van der Waals surface area contributed by atoms with Gasteiger partial charge in [-0.25, -0.2) is 4.39 Å². The van der Waals surface area contributed by atoms with Gasteiger partial charge in [-0.3, -0.25) is 0 Å². The maximum Gasteiger partial charge on any atom is 0.104 e. The monoisotopic (exact) mass is 230 g/mol. The molecule has 0 aliphatic rings. The van der Waals surface area contributed by atoms with Gasteiger partial charge < -0.3 is 0 Å². The molecule has 0 N–H and O–H groups in total. The molecule has 0 aliphatic heterocycles. The highest BCUT2D eigenvalue weighted by molar-refractivity contribution is 9.10. The molecular weight excluding hydrogens is 219 g/mol. The van der Waals surface area contributed by atoms with Gasteiger partial charge in [-0.1, -0.05) is 35.0 Å². The number of alkyl halides is 1. The summed E-state index contributed by atoms with van der Waals surface area (Å²) in [5.74, 6) is 0. The third-order valence-corrected chi connectivity index (χ3v) is 2.34. The van der Waals surface area contributed by atoms with E-state index in [-0.39, 0.29) is 0 Å². The van der Waals surface area contributed by atoms with Crippen molar-refractivity contribution in [3.63, 3.8) is 0 Å². The van der Waals surface area contributed by atoms with Gasteiger partial charge in [0.05, 0.1) is 0 Å². The van der Waals surface area contributed by atoms with Crippen molar-refractivity contribution in [3.8, 4) is 0 Å². The van der Waals surface area contributed by atoms with Crippen molar-refractivity contribution in [2.75, 3.05) is 0 Å². The molecule has 1 unspecified atom stereocenters. The maximum absolute atomic E-state index is 12.9. The molecule has 0 spiro atoms. The van der Waals surface area contributed by atoms with E-state index in [4.69, 9.17) is 0 Å². The molecule has 0 radical (unpaired) electrons. The molecule has 0 saturated carbocycles.